The van der Waals surface area contributed by atoms with Crippen molar-refractivity contribution < 1.29 is 4.79 Å². The molecule has 1 N–H and O–H groups in total. The zero-order valence-corrected chi connectivity index (χ0v) is 13.8. The van der Waals surface area contributed by atoms with Crippen LogP contribution in [0.5, 0.6) is 0 Å². The lowest BCUT2D eigenvalue weighted by atomic mass is 10.1. The van der Waals surface area contributed by atoms with Gasteiger partial charge in [0.2, 0.25) is 5.91 Å². The third-order valence-electron chi connectivity index (χ3n) is 3.50. The van der Waals surface area contributed by atoms with Gasteiger partial charge in [0, 0.05) is 10.6 Å². The minimum absolute atomic E-state index is 0.0423. The highest BCUT2D eigenvalue weighted by atomic mass is 32.2. The summed E-state index contributed by atoms with van der Waals surface area (Å²) in [6, 6.07) is 14.2. The molecule has 0 aliphatic heterocycles. The van der Waals surface area contributed by atoms with Gasteiger partial charge in [-0.1, -0.05) is 36.4 Å². The molecule has 1 atom stereocenters. The minimum Gasteiger partial charge on any atom is -0.325 e. The van der Waals surface area contributed by atoms with Gasteiger partial charge in [-0.2, -0.15) is 0 Å². The van der Waals surface area contributed by atoms with Crippen molar-refractivity contribution in [1.82, 2.24) is 0 Å². The predicted octanol–water partition coefficient (Wildman–Crippen LogP) is 4.73. The number of benzene rings is 2. The van der Waals surface area contributed by atoms with Crippen LogP contribution in [0.25, 0.3) is 0 Å². The first kappa shape index (κ1) is 15.6. The normalized spacial score (nSPS) is 12.0. The number of rotatable bonds is 4. The van der Waals surface area contributed by atoms with E-state index in [1.807, 2.05) is 51.1 Å². The fraction of sp³-hybridized carbons (Fsp3) is 0.278. The Bertz CT molecular complexity index is 631. The van der Waals surface area contributed by atoms with Crippen LogP contribution in [0.15, 0.2) is 47.4 Å². The number of carbonyl (C=O) groups is 1. The molecule has 0 heterocycles. The number of para-hydroxylation sites is 1. The number of amides is 1. The van der Waals surface area contributed by atoms with E-state index in [2.05, 4.69) is 24.4 Å². The summed E-state index contributed by atoms with van der Waals surface area (Å²) in [6.45, 7) is 8.04. The van der Waals surface area contributed by atoms with Crippen LogP contribution in [0.4, 0.5) is 5.69 Å². The van der Waals surface area contributed by atoms with E-state index in [1.54, 1.807) is 11.8 Å². The molecule has 0 aliphatic carbocycles. The Labute approximate surface area is 131 Å². The van der Waals surface area contributed by atoms with Crippen LogP contribution in [0.2, 0.25) is 0 Å². The maximum absolute atomic E-state index is 12.4. The van der Waals surface area contributed by atoms with Gasteiger partial charge < -0.3 is 5.32 Å². The molecule has 2 aromatic rings. The number of thioether (sulfide) groups is 1. The molecule has 21 heavy (non-hydrogen) atoms. The summed E-state index contributed by atoms with van der Waals surface area (Å²) in [4.78, 5) is 13.6. The average Bonchev–Trinajstić information content (AvgIpc) is 2.45. The third-order valence-corrected chi connectivity index (χ3v) is 4.78. The molecule has 2 aromatic carbocycles. The number of carbonyl (C=O) groups excluding carboxylic acids is 1. The summed E-state index contributed by atoms with van der Waals surface area (Å²) in [6.07, 6.45) is 0. The van der Waals surface area contributed by atoms with Crippen molar-refractivity contribution in [2.45, 2.75) is 37.8 Å². The molecule has 0 fully saturated rings. The summed E-state index contributed by atoms with van der Waals surface area (Å²) in [5.41, 5.74) is 4.32. The van der Waals surface area contributed by atoms with Gasteiger partial charge in [0.1, 0.15) is 0 Å². The van der Waals surface area contributed by atoms with Gasteiger partial charge in [0.15, 0.2) is 0 Å². The Kier molecular flexibility index (Phi) is 5.07. The number of aryl methyl sites for hydroxylation is 3. The maximum atomic E-state index is 12.4. The number of anilines is 1. The van der Waals surface area contributed by atoms with E-state index < -0.39 is 0 Å². The molecule has 1 amide bonds. The first-order valence-corrected chi connectivity index (χ1v) is 7.96. The lowest BCUT2D eigenvalue weighted by Gasteiger charge is -2.16. The van der Waals surface area contributed by atoms with Gasteiger partial charge in [-0.3, -0.25) is 4.79 Å². The molecule has 0 saturated carbocycles. The topological polar surface area (TPSA) is 29.1 Å². The van der Waals surface area contributed by atoms with Crippen LogP contribution in [0.1, 0.15) is 23.6 Å². The van der Waals surface area contributed by atoms with Crippen molar-refractivity contribution in [3.63, 3.8) is 0 Å². The molecule has 0 aliphatic rings. The molecule has 2 nitrogen and oxygen atoms in total. The predicted molar refractivity (Wildman–Crippen MR) is 91.0 cm³/mol. The lowest BCUT2D eigenvalue weighted by molar-refractivity contribution is -0.115. The second kappa shape index (κ2) is 6.81. The Balaban J connectivity index is 2.08. The van der Waals surface area contributed by atoms with Crippen molar-refractivity contribution in [3.8, 4) is 0 Å². The Hall–Kier alpha value is -1.74. The first-order valence-electron chi connectivity index (χ1n) is 7.08. The molecule has 0 saturated heterocycles. The van der Waals surface area contributed by atoms with E-state index in [-0.39, 0.29) is 11.2 Å². The highest BCUT2D eigenvalue weighted by Gasteiger charge is 2.16. The molecule has 0 radical (unpaired) electrons. The van der Waals surface area contributed by atoms with Gasteiger partial charge >= 0.3 is 0 Å². The summed E-state index contributed by atoms with van der Waals surface area (Å²) in [5.74, 6) is 0.0423. The van der Waals surface area contributed by atoms with Crippen molar-refractivity contribution in [1.29, 1.82) is 0 Å². The lowest BCUT2D eigenvalue weighted by Crippen LogP contribution is -2.23. The monoisotopic (exact) mass is 299 g/mol. The number of hydrogen-bond donors (Lipinski definition) is 1. The molecular formula is C18H21NOS. The van der Waals surface area contributed by atoms with Crippen molar-refractivity contribution >= 4 is 23.4 Å². The van der Waals surface area contributed by atoms with E-state index in [1.165, 1.54) is 5.56 Å². The standard InChI is InChI=1S/C18H21NOS/c1-12-8-5-6-11-16(12)21-15(4)18(20)19-17-13(2)9-7-10-14(17)3/h5-11,15H,1-4H3,(H,19,20). The highest BCUT2D eigenvalue weighted by molar-refractivity contribution is 8.00. The fourth-order valence-corrected chi connectivity index (χ4v) is 3.13. The molecule has 0 aromatic heterocycles. The van der Waals surface area contributed by atoms with Crippen LogP contribution >= 0.6 is 11.8 Å². The number of nitrogens with one attached hydrogen (secondary N) is 1. The summed E-state index contributed by atoms with van der Waals surface area (Å²) in [7, 11) is 0. The molecular weight excluding hydrogens is 278 g/mol. The summed E-state index contributed by atoms with van der Waals surface area (Å²) < 4.78 is 0. The van der Waals surface area contributed by atoms with Gasteiger partial charge in [0.25, 0.3) is 0 Å². The highest BCUT2D eigenvalue weighted by Crippen LogP contribution is 2.28. The summed E-state index contributed by atoms with van der Waals surface area (Å²) >= 11 is 1.60. The van der Waals surface area contributed by atoms with Gasteiger partial charge in [-0.15, -0.1) is 11.8 Å². The quantitative estimate of drug-likeness (QED) is 0.827. The third kappa shape index (κ3) is 3.88. The minimum atomic E-state index is -0.134. The van der Waals surface area contributed by atoms with Crippen LogP contribution < -0.4 is 5.32 Å². The van der Waals surface area contributed by atoms with Crippen LogP contribution in [0, 0.1) is 20.8 Å². The Morgan fingerprint density at radius 1 is 0.952 bits per heavy atom. The van der Waals surface area contributed by atoms with E-state index in [9.17, 15) is 4.79 Å². The van der Waals surface area contributed by atoms with E-state index in [0.29, 0.717) is 0 Å². The van der Waals surface area contributed by atoms with Gasteiger partial charge in [-0.05, 0) is 50.5 Å². The number of hydrogen-bond acceptors (Lipinski definition) is 2. The van der Waals surface area contributed by atoms with Crippen LogP contribution in [-0.4, -0.2) is 11.2 Å². The second-order valence-corrected chi connectivity index (χ2v) is 6.66. The first-order chi connectivity index (χ1) is 9.99. The van der Waals surface area contributed by atoms with Crippen molar-refractivity contribution in [3.05, 3.63) is 59.2 Å². The second-order valence-electron chi connectivity index (χ2n) is 5.28. The van der Waals surface area contributed by atoms with Crippen LogP contribution in [-0.2, 0) is 4.79 Å². The molecule has 0 spiro atoms. The van der Waals surface area contributed by atoms with E-state index in [4.69, 9.17) is 0 Å². The zero-order valence-electron chi connectivity index (χ0n) is 12.9. The Morgan fingerprint density at radius 2 is 1.52 bits per heavy atom. The fourth-order valence-electron chi connectivity index (χ4n) is 2.17. The molecule has 0 bridgehead atoms. The average molecular weight is 299 g/mol. The molecule has 3 heteroatoms. The molecule has 2 rings (SSSR count). The Morgan fingerprint density at radius 3 is 2.14 bits per heavy atom. The summed E-state index contributed by atoms with van der Waals surface area (Å²) in [5, 5.41) is 2.92. The van der Waals surface area contributed by atoms with Gasteiger partial charge in [-0.25, -0.2) is 0 Å². The van der Waals surface area contributed by atoms with Crippen molar-refractivity contribution in [2.24, 2.45) is 0 Å². The smallest absolute Gasteiger partial charge is 0.237 e. The maximum Gasteiger partial charge on any atom is 0.237 e. The van der Waals surface area contributed by atoms with E-state index >= 15 is 0 Å². The SMILES string of the molecule is Cc1ccccc1SC(C)C(=O)Nc1c(C)cccc1C. The van der Waals surface area contributed by atoms with Gasteiger partial charge in [0.05, 0.1) is 5.25 Å². The van der Waals surface area contributed by atoms with Crippen molar-refractivity contribution in [2.75, 3.05) is 5.32 Å². The van der Waals surface area contributed by atoms with Crippen LogP contribution in [0.3, 0.4) is 0 Å². The van der Waals surface area contributed by atoms with E-state index in [0.717, 1.165) is 21.7 Å². The molecule has 110 valence electrons. The molecule has 1 unspecified atom stereocenters. The largest absolute Gasteiger partial charge is 0.325 e. The zero-order chi connectivity index (χ0) is 15.4.